The van der Waals surface area contributed by atoms with E-state index < -0.39 is 18.0 Å². The molecule has 0 saturated carbocycles. The molecule has 0 bridgehead atoms. The van der Waals surface area contributed by atoms with Gasteiger partial charge in [0.2, 0.25) is 0 Å². The second-order valence-electron chi connectivity index (χ2n) is 6.69. The Kier molecular flexibility index (Phi) is 5.67. The summed E-state index contributed by atoms with van der Waals surface area (Å²) in [5, 5.41) is 3.46. The van der Waals surface area contributed by atoms with E-state index in [-0.39, 0.29) is 0 Å². The number of anilines is 1. The third kappa shape index (κ3) is 4.28. The highest BCUT2D eigenvalue weighted by Gasteiger charge is 2.23. The molecule has 4 rings (SSSR count). The Morgan fingerprint density at radius 3 is 2.60 bits per heavy atom. The van der Waals surface area contributed by atoms with Crippen molar-refractivity contribution in [3.63, 3.8) is 0 Å². The van der Waals surface area contributed by atoms with E-state index in [0.717, 1.165) is 10.6 Å². The van der Waals surface area contributed by atoms with Crippen molar-refractivity contribution in [3.8, 4) is 22.1 Å². The first-order valence-electron chi connectivity index (χ1n) is 9.45. The average Bonchev–Trinajstić information content (AvgIpc) is 3.16. The van der Waals surface area contributed by atoms with E-state index in [4.69, 9.17) is 14.2 Å². The molecule has 30 heavy (non-hydrogen) atoms. The van der Waals surface area contributed by atoms with Crippen molar-refractivity contribution in [2.24, 2.45) is 0 Å². The van der Waals surface area contributed by atoms with Crippen LogP contribution in [-0.4, -0.2) is 36.2 Å². The van der Waals surface area contributed by atoms with Crippen LogP contribution in [0.15, 0.2) is 48.5 Å². The molecule has 0 spiro atoms. The molecule has 8 heteroatoms. The monoisotopic (exact) mass is 424 g/mol. The van der Waals surface area contributed by atoms with Gasteiger partial charge in [-0.3, -0.25) is 4.79 Å². The molecule has 1 aromatic heterocycles. The summed E-state index contributed by atoms with van der Waals surface area (Å²) in [6.07, 6.45) is -0.979. The summed E-state index contributed by atoms with van der Waals surface area (Å²) in [5.74, 6) is 0.188. The fourth-order valence-corrected chi connectivity index (χ4v) is 3.88. The van der Waals surface area contributed by atoms with E-state index in [0.29, 0.717) is 41.0 Å². The van der Waals surface area contributed by atoms with E-state index in [1.54, 1.807) is 25.1 Å². The number of nitrogens with one attached hydrogen (secondary N) is 1. The van der Waals surface area contributed by atoms with Gasteiger partial charge >= 0.3 is 5.97 Å². The van der Waals surface area contributed by atoms with E-state index in [1.807, 2.05) is 30.3 Å². The minimum atomic E-state index is -0.979. The number of esters is 1. The number of aromatic nitrogens is 1. The summed E-state index contributed by atoms with van der Waals surface area (Å²) in [5.41, 5.74) is 2.03. The van der Waals surface area contributed by atoms with Crippen molar-refractivity contribution in [3.05, 3.63) is 59.1 Å². The molecule has 0 saturated heterocycles. The van der Waals surface area contributed by atoms with Crippen LogP contribution in [-0.2, 0) is 9.53 Å². The Labute approximate surface area is 177 Å². The van der Waals surface area contributed by atoms with Crippen LogP contribution in [0, 0.1) is 6.92 Å². The third-order valence-corrected chi connectivity index (χ3v) is 5.65. The molecule has 0 aliphatic carbocycles. The van der Waals surface area contributed by atoms with Gasteiger partial charge in [-0.25, -0.2) is 9.78 Å². The normalized spacial score (nSPS) is 13.4. The van der Waals surface area contributed by atoms with Gasteiger partial charge in [-0.1, -0.05) is 30.3 Å². The molecule has 2 aromatic carbocycles. The number of carbonyl (C=O) groups excluding carboxylic acids is 2. The summed E-state index contributed by atoms with van der Waals surface area (Å²) >= 11 is 1.25. The molecule has 1 unspecified atom stereocenters. The second kappa shape index (κ2) is 8.54. The van der Waals surface area contributed by atoms with Crippen LogP contribution in [0.3, 0.4) is 0 Å². The maximum absolute atomic E-state index is 12.6. The van der Waals surface area contributed by atoms with Gasteiger partial charge in [0.05, 0.1) is 5.69 Å². The molecule has 1 aliphatic heterocycles. The molecular weight excluding hydrogens is 404 g/mol. The van der Waals surface area contributed by atoms with E-state index in [9.17, 15) is 9.59 Å². The lowest BCUT2D eigenvalue weighted by Crippen LogP contribution is -2.30. The molecule has 2 heterocycles. The number of hydrogen-bond donors (Lipinski definition) is 1. The number of ether oxygens (including phenoxy) is 3. The van der Waals surface area contributed by atoms with Crippen molar-refractivity contribution in [2.75, 3.05) is 18.5 Å². The van der Waals surface area contributed by atoms with Crippen LogP contribution in [0.1, 0.15) is 22.3 Å². The Morgan fingerprint density at radius 2 is 1.83 bits per heavy atom. The topological polar surface area (TPSA) is 86.8 Å². The Bertz CT molecular complexity index is 1080. The largest absolute Gasteiger partial charge is 0.486 e. The lowest BCUT2D eigenvalue weighted by Gasteiger charge is -2.19. The third-order valence-electron chi connectivity index (χ3n) is 4.47. The van der Waals surface area contributed by atoms with Crippen molar-refractivity contribution < 1.29 is 23.8 Å². The van der Waals surface area contributed by atoms with Gasteiger partial charge in [-0.2, -0.15) is 0 Å². The minimum absolute atomic E-state index is 0.382. The van der Waals surface area contributed by atoms with Crippen LogP contribution in [0.2, 0.25) is 0 Å². The van der Waals surface area contributed by atoms with Gasteiger partial charge in [0, 0.05) is 17.3 Å². The Balaban J connectivity index is 1.41. The number of nitrogens with zero attached hydrogens (tertiary/aromatic N) is 1. The zero-order valence-electron chi connectivity index (χ0n) is 16.5. The smallest absolute Gasteiger partial charge is 0.351 e. The summed E-state index contributed by atoms with van der Waals surface area (Å²) < 4.78 is 16.4. The number of amides is 1. The molecule has 154 valence electrons. The molecule has 3 aromatic rings. The van der Waals surface area contributed by atoms with Crippen LogP contribution < -0.4 is 14.8 Å². The number of hydrogen-bond acceptors (Lipinski definition) is 7. The first-order valence-corrected chi connectivity index (χ1v) is 10.3. The van der Waals surface area contributed by atoms with Crippen LogP contribution in [0.5, 0.6) is 11.5 Å². The van der Waals surface area contributed by atoms with Gasteiger partial charge in [-0.05, 0) is 26.0 Å². The number of aryl methyl sites for hydroxylation is 1. The molecule has 7 nitrogen and oxygen atoms in total. The number of thiazole rings is 1. The first-order chi connectivity index (χ1) is 14.5. The van der Waals surface area contributed by atoms with Gasteiger partial charge in [0.15, 0.2) is 17.6 Å². The fraction of sp³-hybridized carbons (Fsp3) is 0.227. The zero-order valence-corrected chi connectivity index (χ0v) is 17.3. The SMILES string of the molecule is Cc1nc(-c2ccccc2)sc1C(=O)OC(C)C(=O)Nc1ccc2c(c1)OCCO2. The van der Waals surface area contributed by atoms with E-state index >= 15 is 0 Å². The molecular formula is C22H20N2O5S. The van der Waals surface area contributed by atoms with Gasteiger partial charge in [-0.15, -0.1) is 11.3 Å². The molecule has 1 atom stereocenters. The lowest BCUT2D eigenvalue weighted by atomic mass is 10.2. The van der Waals surface area contributed by atoms with Crippen molar-refractivity contribution in [2.45, 2.75) is 20.0 Å². The van der Waals surface area contributed by atoms with Gasteiger partial charge < -0.3 is 19.5 Å². The van der Waals surface area contributed by atoms with Crippen LogP contribution in [0.25, 0.3) is 10.6 Å². The standard InChI is InChI=1S/C22H20N2O5S/c1-13-19(30-21(23-13)15-6-4-3-5-7-15)22(26)29-14(2)20(25)24-16-8-9-17-18(12-16)28-11-10-27-17/h3-9,12,14H,10-11H2,1-2H3,(H,24,25). The second-order valence-corrected chi connectivity index (χ2v) is 7.69. The maximum Gasteiger partial charge on any atom is 0.351 e. The van der Waals surface area contributed by atoms with Crippen molar-refractivity contribution in [1.29, 1.82) is 0 Å². The number of fused-ring (bicyclic) bond motifs is 1. The number of benzene rings is 2. The highest BCUT2D eigenvalue weighted by Crippen LogP contribution is 2.33. The highest BCUT2D eigenvalue weighted by molar-refractivity contribution is 7.17. The van der Waals surface area contributed by atoms with Gasteiger partial charge in [0.25, 0.3) is 5.91 Å². The Hall–Kier alpha value is -3.39. The minimum Gasteiger partial charge on any atom is -0.486 e. The highest BCUT2D eigenvalue weighted by atomic mass is 32.1. The summed E-state index contributed by atoms with van der Waals surface area (Å²) in [6.45, 7) is 4.23. The van der Waals surface area contributed by atoms with Crippen LogP contribution >= 0.6 is 11.3 Å². The summed E-state index contributed by atoms with van der Waals surface area (Å²) in [6, 6.07) is 14.7. The van der Waals surface area contributed by atoms with E-state index in [1.165, 1.54) is 18.3 Å². The quantitative estimate of drug-likeness (QED) is 0.621. The van der Waals surface area contributed by atoms with Crippen molar-refractivity contribution >= 4 is 28.9 Å². The summed E-state index contributed by atoms with van der Waals surface area (Å²) in [7, 11) is 0. The molecule has 0 fully saturated rings. The Morgan fingerprint density at radius 1 is 1.10 bits per heavy atom. The number of rotatable bonds is 5. The molecule has 1 aliphatic rings. The van der Waals surface area contributed by atoms with Crippen LogP contribution in [0.4, 0.5) is 5.69 Å². The zero-order chi connectivity index (χ0) is 21.1. The number of carbonyl (C=O) groups is 2. The summed E-state index contributed by atoms with van der Waals surface area (Å²) in [4.78, 5) is 29.9. The predicted octanol–water partition coefficient (Wildman–Crippen LogP) is 4.07. The fourth-order valence-electron chi connectivity index (χ4n) is 2.92. The average molecular weight is 424 g/mol. The van der Waals surface area contributed by atoms with Gasteiger partial charge in [0.1, 0.15) is 23.1 Å². The maximum atomic E-state index is 12.6. The molecule has 1 amide bonds. The predicted molar refractivity (Wildman–Crippen MR) is 113 cm³/mol. The lowest BCUT2D eigenvalue weighted by molar-refractivity contribution is -0.123. The molecule has 1 N–H and O–H groups in total. The molecule has 0 radical (unpaired) electrons. The van der Waals surface area contributed by atoms with Crippen molar-refractivity contribution in [1.82, 2.24) is 4.98 Å². The van der Waals surface area contributed by atoms with E-state index in [2.05, 4.69) is 10.3 Å². The first kappa shape index (κ1) is 19.9.